The van der Waals surface area contributed by atoms with Gasteiger partial charge in [-0.1, -0.05) is 23.2 Å². The summed E-state index contributed by atoms with van der Waals surface area (Å²) in [4.78, 5) is 26.0. The van der Waals surface area contributed by atoms with E-state index in [4.69, 9.17) is 27.9 Å². The van der Waals surface area contributed by atoms with E-state index in [-0.39, 0.29) is 31.5 Å². The second-order valence-corrected chi connectivity index (χ2v) is 8.23. The van der Waals surface area contributed by atoms with Crippen molar-refractivity contribution in [1.82, 2.24) is 5.32 Å². The van der Waals surface area contributed by atoms with Crippen LogP contribution in [0.4, 0.5) is 11.4 Å². The maximum absolute atomic E-state index is 12.0. The number of benzene rings is 1. The molecule has 0 spiro atoms. The number of anilines is 2. The summed E-state index contributed by atoms with van der Waals surface area (Å²) in [5, 5.41) is 16.2. The van der Waals surface area contributed by atoms with Gasteiger partial charge in [-0.05, 0) is 30.3 Å². The first kappa shape index (κ1) is 20.9. The molecule has 1 atom stereocenters. The van der Waals surface area contributed by atoms with E-state index in [1.807, 2.05) is 0 Å². The smallest absolute Gasteiger partial charge is 0.261 e. The largest absolute Gasteiger partial charge is 0.389 e. The van der Waals surface area contributed by atoms with Gasteiger partial charge in [-0.25, -0.2) is 0 Å². The summed E-state index contributed by atoms with van der Waals surface area (Å²) in [5.41, 5.74) is 1.33. The SMILES string of the molecule is O=C(NC[C@@H](O)CNc1ccc(N2CCOCC2=O)cc1Cl)c1ccc(Cl)s1. The van der Waals surface area contributed by atoms with Gasteiger partial charge in [0.15, 0.2) is 0 Å². The quantitative estimate of drug-likeness (QED) is 0.611. The molecule has 2 amide bonds. The number of aliphatic hydroxyl groups is 1. The first-order valence-corrected chi connectivity index (χ1v) is 10.1. The predicted molar refractivity (Wildman–Crippen MR) is 111 cm³/mol. The zero-order chi connectivity index (χ0) is 20.1. The molecule has 10 heteroatoms. The van der Waals surface area contributed by atoms with E-state index in [0.717, 1.165) is 0 Å². The number of rotatable bonds is 7. The molecule has 2 aromatic rings. The molecule has 1 saturated heterocycles. The number of ether oxygens (including phenoxy) is 1. The fraction of sp³-hybridized carbons (Fsp3) is 0.333. The highest BCUT2D eigenvalue weighted by atomic mass is 35.5. The van der Waals surface area contributed by atoms with Crippen molar-refractivity contribution in [2.45, 2.75) is 6.10 Å². The summed E-state index contributed by atoms with van der Waals surface area (Å²) >= 11 is 13.3. The Morgan fingerprint density at radius 3 is 2.79 bits per heavy atom. The van der Waals surface area contributed by atoms with Crippen molar-refractivity contribution in [2.24, 2.45) is 0 Å². The van der Waals surface area contributed by atoms with Crippen LogP contribution < -0.4 is 15.5 Å². The molecule has 7 nitrogen and oxygen atoms in total. The highest BCUT2D eigenvalue weighted by Crippen LogP contribution is 2.28. The van der Waals surface area contributed by atoms with Crippen molar-refractivity contribution >= 4 is 57.7 Å². The number of nitrogens with zero attached hydrogens (tertiary/aromatic N) is 1. The monoisotopic (exact) mass is 443 g/mol. The van der Waals surface area contributed by atoms with Gasteiger partial charge >= 0.3 is 0 Å². The number of hydrogen-bond acceptors (Lipinski definition) is 6. The molecule has 1 fully saturated rings. The molecule has 0 aliphatic carbocycles. The Kier molecular flexibility index (Phi) is 7.14. The molecular formula is C18H19Cl2N3O4S. The molecule has 3 N–H and O–H groups in total. The third-order valence-electron chi connectivity index (χ3n) is 4.07. The molecule has 28 heavy (non-hydrogen) atoms. The van der Waals surface area contributed by atoms with Gasteiger partial charge < -0.3 is 25.4 Å². The Hall–Kier alpha value is -1.84. The maximum Gasteiger partial charge on any atom is 0.261 e. The molecule has 0 radical (unpaired) electrons. The lowest BCUT2D eigenvalue weighted by Gasteiger charge is -2.27. The minimum absolute atomic E-state index is 0.0627. The van der Waals surface area contributed by atoms with E-state index in [1.165, 1.54) is 11.3 Å². The molecule has 2 heterocycles. The van der Waals surface area contributed by atoms with Gasteiger partial charge in [0, 0.05) is 25.3 Å². The normalized spacial score (nSPS) is 15.4. The van der Waals surface area contributed by atoms with Gasteiger partial charge in [0.2, 0.25) is 0 Å². The number of nitrogens with one attached hydrogen (secondary N) is 2. The average Bonchev–Trinajstić information content (AvgIpc) is 3.12. The summed E-state index contributed by atoms with van der Waals surface area (Å²) < 4.78 is 5.65. The molecule has 0 unspecified atom stereocenters. The van der Waals surface area contributed by atoms with E-state index in [0.29, 0.717) is 38.8 Å². The first-order chi connectivity index (χ1) is 13.4. The van der Waals surface area contributed by atoms with Gasteiger partial charge in [-0.15, -0.1) is 11.3 Å². The predicted octanol–water partition coefficient (Wildman–Crippen LogP) is 2.62. The van der Waals surface area contributed by atoms with Crippen LogP contribution in [0.15, 0.2) is 30.3 Å². The first-order valence-electron chi connectivity index (χ1n) is 8.57. The summed E-state index contributed by atoms with van der Waals surface area (Å²) in [6.07, 6.45) is -0.809. The fourth-order valence-corrected chi connectivity index (χ4v) is 3.84. The topological polar surface area (TPSA) is 90.9 Å². The Morgan fingerprint density at radius 1 is 1.29 bits per heavy atom. The summed E-state index contributed by atoms with van der Waals surface area (Å²) in [6, 6.07) is 8.51. The van der Waals surface area contributed by atoms with Gasteiger partial charge in [-0.3, -0.25) is 9.59 Å². The van der Waals surface area contributed by atoms with Gasteiger partial charge in [0.25, 0.3) is 11.8 Å². The van der Waals surface area contributed by atoms with Gasteiger partial charge in [0.1, 0.15) is 6.61 Å². The molecule has 1 aliphatic heterocycles. The lowest BCUT2D eigenvalue weighted by Crippen LogP contribution is -2.41. The molecule has 150 valence electrons. The number of carbonyl (C=O) groups excluding carboxylic acids is 2. The van der Waals surface area contributed by atoms with E-state index >= 15 is 0 Å². The standard InChI is InChI=1S/C18H19Cl2N3O4S/c19-13-7-11(23-5-6-27-10-17(23)25)1-2-14(13)21-8-12(24)9-22-18(26)15-3-4-16(20)28-15/h1-4,7,12,21,24H,5-6,8-10H2,(H,22,26)/t12-/m0/s1. The summed E-state index contributed by atoms with van der Waals surface area (Å²) in [7, 11) is 0. The third-order valence-corrected chi connectivity index (χ3v) is 5.62. The molecule has 0 bridgehead atoms. The highest BCUT2D eigenvalue weighted by molar-refractivity contribution is 7.18. The minimum atomic E-state index is -0.809. The van der Waals surface area contributed by atoms with E-state index < -0.39 is 6.10 Å². The number of thiophene rings is 1. The van der Waals surface area contributed by atoms with Crippen LogP contribution in [0.1, 0.15) is 9.67 Å². The van der Waals surface area contributed by atoms with Crippen LogP contribution in [0.2, 0.25) is 9.36 Å². The van der Waals surface area contributed by atoms with Crippen molar-refractivity contribution in [3.05, 3.63) is 44.6 Å². The van der Waals surface area contributed by atoms with E-state index in [9.17, 15) is 14.7 Å². The molecule has 1 aromatic carbocycles. The molecule has 0 saturated carbocycles. The molecular weight excluding hydrogens is 425 g/mol. The Balaban J connectivity index is 1.49. The summed E-state index contributed by atoms with van der Waals surface area (Å²) in [5.74, 6) is -0.394. The van der Waals surface area contributed by atoms with Crippen LogP contribution in [-0.4, -0.2) is 55.9 Å². The molecule has 3 rings (SSSR count). The Morgan fingerprint density at radius 2 is 2.11 bits per heavy atom. The lowest BCUT2D eigenvalue weighted by molar-refractivity contribution is -0.125. The Labute approximate surface area is 176 Å². The summed E-state index contributed by atoms with van der Waals surface area (Å²) in [6.45, 7) is 1.31. The highest BCUT2D eigenvalue weighted by Gasteiger charge is 2.21. The zero-order valence-corrected chi connectivity index (χ0v) is 17.1. The van der Waals surface area contributed by atoms with Gasteiger partial charge in [-0.2, -0.15) is 0 Å². The van der Waals surface area contributed by atoms with Crippen molar-refractivity contribution in [3.63, 3.8) is 0 Å². The Bertz CT molecular complexity index is 861. The van der Waals surface area contributed by atoms with Crippen molar-refractivity contribution in [2.75, 3.05) is 43.1 Å². The number of hydrogen-bond donors (Lipinski definition) is 3. The molecule has 1 aliphatic rings. The van der Waals surface area contributed by atoms with Crippen LogP contribution in [0, 0.1) is 0 Å². The van der Waals surface area contributed by atoms with Crippen LogP contribution in [0.25, 0.3) is 0 Å². The van der Waals surface area contributed by atoms with Crippen molar-refractivity contribution in [1.29, 1.82) is 0 Å². The second kappa shape index (κ2) is 9.58. The van der Waals surface area contributed by atoms with Gasteiger partial charge in [0.05, 0.1) is 32.6 Å². The van der Waals surface area contributed by atoms with Crippen LogP contribution >= 0.6 is 34.5 Å². The third kappa shape index (κ3) is 5.36. The van der Waals surface area contributed by atoms with Crippen molar-refractivity contribution in [3.8, 4) is 0 Å². The minimum Gasteiger partial charge on any atom is -0.389 e. The number of aliphatic hydroxyl groups excluding tert-OH is 1. The molecule has 1 aromatic heterocycles. The number of amides is 2. The number of morpholine rings is 1. The van der Waals surface area contributed by atoms with Crippen LogP contribution in [-0.2, 0) is 9.53 Å². The maximum atomic E-state index is 12.0. The zero-order valence-electron chi connectivity index (χ0n) is 14.8. The number of halogens is 2. The van der Waals surface area contributed by atoms with Crippen molar-refractivity contribution < 1.29 is 19.4 Å². The fourth-order valence-electron chi connectivity index (χ4n) is 2.64. The van der Waals surface area contributed by atoms with Crippen LogP contribution in [0.3, 0.4) is 0 Å². The number of carbonyl (C=O) groups is 2. The average molecular weight is 444 g/mol. The van der Waals surface area contributed by atoms with Crippen LogP contribution in [0.5, 0.6) is 0 Å². The lowest BCUT2D eigenvalue weighted by atomic mass is 10.2. The second-order valence-electron chi connectivity index (χ2n) is 6.11. The van der Waals surface area contributed by atoms with E-state index in [1.54, 1.807) is 35.2 Å². The van der Waals surface area contributed by atoms with E-state index in [2.05, 4.69) is 10.6 Å².